The Morgan fingerprint density at radius 2 is 1.71 bits per heavy atom. The van der Waals surface area contributed by atoms with E-state index in [-0.39, 0.29) is 4.90 Å². The molecule has 0 unspecified atom stereocenters. The second-order valence-corrected chi connectivity index (χ2v) is 7.60. The summed E-state index contributed by atoms with van der Waals surface area (Å²) in [4.78, 5) is 2.27. The van der Waals surface area contributed by atoms with Crippen LogP contribution in [0, 0.1) is 13.8 Å². The Labute approximate surface area is 128 Å². The fraction of sp³-hybridized carbons (Fsp3) is 0.600. The van der Waals surface area contributed by atoms with Crippen molar-refractivity contribution in [3.05, 3.63) is 23.3 Å². The average molecular weight is 313 g/mol. The number of nitrogen functional groups attached to an aromatic ring is 1. The van der Waals surface area contributed by atoms with Gasteiger partial charge in [0.15, 0.2) is 0 Å². The van der Waals surface area contributed by atoms with Crippen LogP contribution in [-0.4, -0.2) is 51.4 Å². The van der Waals surface area contributed by atoms with Crippen molar-refractivity contribution in [1.29, 1.82) is 0 Å². The third kappa shape index (κ3) is 4.43. The van der Waals surface area contributed by atoms with Crippen molar-refractivity contribution >= 4 is 15.7 Å². The molecule has 1 aromatic carbocycles. The Morgan fingerprint density at radius 3 is 2.19 bits per heavy atom. The van der Waals surface area contributed by atoms with Gasteiger partial charge in [-0.3, -0.25) is 0 Å². The van der Waals surface area contributed by atoms with Crippen molar-refractivity contribution in [1.82, 2.24) is 9.21 Å². The molecule has 1 rings (SSSR count). The van der Waals surface area contributed by atoms with Crippen LogP contribution in [0.4, 0.5) is 5.69 Å². The number of hydrogen-bond acceptors (Lipinski definition) is 4. The minimum Gasteiger partial charge on any atom is -0.398 e. The highest BCUT2D eigenvalue weighted by molar-refractivity contribution is 7.89. The Balaban J connectivity index is 3.16. The van der Waals surface area contributed by atoms with Crippen LogP contribution in [0.3, 0.4) is 0 Å². The van der Waals surface area contributed by atoms with E-state index in [0.717, 1.165) is 17.5 Å². The Morgan fingerprint density at radius 1 is 1.10 bits per heavy atom. The van der Waals surface area contributed by atoms with Crippen LogP contribution in [0.15, 0.2) is 17.0 Å². The van der Waals surface area contributed by atoms with E-state index in [1.165, 1.54) is 4.31 Å². The number of aryl methyl sites for hydroxylation is 1. The van der Waals surface area contributed by atoms with Gasteiger partial charge in [0.1, 0.15) is 0 Å². The molecule has 1 aromatic rings. The first-order valence-corrected chi connectivity index (χ1v) is 8.65. The molecule has 0 bridgehead atoms. The number of benzene rings is 1. The second kappa shape index (κ2) is 7.24. The van der Waals surface area contributed by atoms with Crippen molar-refractivity contribution in [3.63, 3.8) is 0 Å². The normalized spacial score (nSPS) is 12.3. The SMILES string of the molecule is CCCN(CCN(C)C)S(=O)(=O)c1cc(C)c(C)c(N)c1. The molecular weight excluding hydrogens is 286 g/mol. The van der Waals surface area contributed by atoms with Crippen LogP contribution in [0.5, 0.6) is 0 Å². The predicted molar refractivity (Wildman–Crippen MR) is 87.9 cm³/mol. The van der Waals surface area contributed by atoms with Gasteiger partial charge < -0.3 is 10.6 Å². The van der Waals surface area contributed by atoms with Crippen LogP contribution in [0.25, 0.3) is 0 Å². The molecule has 0 aliphatic carbocycles. The van der Waals surface area contributed by atoms with Crippen LogP contribution in [-0.2, 0) is 10.0 Å². The molecule has 0 aliphatic heterocycles. The van der Waals surface area contributed by atoms with E-state index >= 15 is 0 Å². The fourth-order valence-corrected chi connectivity index (χ4v) is 3.71. The predicted octanol–water partition coefficient (Wildman–Crippen LogP) is 1.85. The summed E-state index contributed by atoms with van der Waals surface area (Å²) in [6.45, 7) is 7.46. The topological polar surface area (TPSA) is 66.6 Å². The van der Waals surface area contributed by atoms with Gasteiger partial charge in [-0.25, -0.2) is 8.42 Å². The molecule has 0 fully saturated rings. The third-order valence-electron chi connectivity index (χ3n) is 3.59. The van der Waals surface area contributed by atoms with Gasteiger partial charge in [0.05, 0.1) is 4.90 Å². The van der Waals surface area contributed by atoms with Gasteiger partial charge in [0.2, 0.25) is 10.0 Å². The van der Waals surface area contributed by atoms with E-state index in [0.29, 0.717) is 25.3 Å². The number of nitrogens with zero attached hydrogens (tertiary/aromatic N) is 2. The lowest BCUT2D eigenvalue weighted by atomic mass is 10.1. The number of nitrogens with two attached hydrogens (primary N) is 1. The molecule has 21 heavy (non-hydrogen) atoms. The second-order valence-electron chi connectivity index (χ2n) is 5.66. The quantitative estimate of drug-likeness (QED) is 0.780. The molecule has 2 N–H and O–H groups in total. The molecule has 0 saturated carbocycles. The number of likely N-dealkylation sites (N-methyl/N-ethyl adjacent to an activating group) is 1. The summed E-state index contributed by atoms with van der Waals surface area (Å²) in [5.74, 6) is 0. The van der Waals surface area contributed by atoms with E-state index in [2.05, 4.69) is 0 Å². The minimum absolute atomic E-state index is 0.287. The molecule has 6 heteroatoms. The summed E-state index contributed by atoms with van der Waals surface area (Å²) in [5.41, 5.74) is 8.28. The van der Waals surface area contributed by atoms with Gasteiger partial charge in [-0.15, -0.1) is 0 Å². The molecule has 0 atom stereocenters. The lowest BCUT2D eigenvalue weighted by Gasteiger charge is -2.24. The molecule has 0 spiro atoms. The molecule has 0 radical (unpaired) electrons. The maximum absolute atomic E-state index is 12.8. The highest BCUT2D eigenvalue weighted by Crippen LogP contribution is 2.24. The zero-order chi connectivity index (χ0) is 16.2. The fourth-order valence-electron chi connectivity index (χ4n) is 2.06. The lowest BCUT2D eigenvalue weighted by molar-refractivity contribution is 0.333. The maximum Gasteiger partial charge on any atom is 0.243 e. The molecule has 5 nitrogen and oxygen atoms in total. The van der Waals surface area contributed by atoms with Crippen molar-refractivity contribution < 1.29 is 8.42 Å². The van der Waals surface area contributed by atoms with Gasteiger partial charge in [-0.2, -0.15) is 4.31 Å². The lowest BCUT2D eigenvalue weighted by Crippen LogP contribution is -2.37. The van der Waals surface area contributed by atoms with Gasteiger partial charge in [0.25, 0.3) is 0 Å². The molecule has 0 amide bonds. The summed E-state index contributed by atoms with van der Waals surface area (Å²) in [6.07, 6.45) is 0.785. The standard InChI is InChI=1S/C15H27N3O2S/c1-6-7-18(9-8-17(4)5)21(19,20)14-10-12(2)13(3)15(16)11-14/h10-11H,6-9,16H2,1-5H3. The zero-order valence-corrected chi connectivity index (χ0v) is 14.5. The Hall–Kier alpha value is -1.11. The minimum atomic E-state index is -3.49. The van der Waals surface area contributed by atoms with E-state index in [4.69, 9.17) is 5.73 Å². The van der Waals surface area contributed by atoms with E-state index in [9.17, 15) is 8.42 Å². The van der Waals surface area contributed by atoms with Gasteiger partial charge in [0, 0.05) is 25.3 Å². The molecular formula is C15H27N3O2S. The highest BCUT2D eigenvalue weighted by Gasteiger charge is 2.24. The third-order valence-corrected chi connectivity index (χ3v) is 5.46. The maximum atomic E-state index is 12.8. The zero-order valence-electron chi connectivity index (χ0n) is 13.7. The van der Waals surface area contributed by atoms with Crippen molar-refractivity contribution in [2.24, 2.45) is 0 Å². The Bertz CT molecular complexity index is 560. The largest absolute Gasteiger partial charge is 0.398 e. The van der Waals surface area contributed by atoms with Crippen LogP contribution in [0.2, 0.25) is 0 Å². The monoisotopic (exact) mass is 313 g/mol. The first-order valence-electron chi connectivity index (χ1n) is 7.21. The molecule has 120 valence electrons. The van der Waals surface area contributed by atoms with Gasteiger partial charge >= 0.3 is 0 Å². The van der Waals surface area contributed by atoms with Gasteiger partial charge in [-0.05, 0) is 57.6 Å². The first kappa shape index (κ1) is 17.9. The first-order chi connectivity index (χ1) is 9.70. The van der Waals surface area contributed by atoms with E-state index in [1.54, 1.807) is 12.1 Å². The molecule has 0 aliphatic rings. The number of hydrogen-bond donors (Lipinski definition) is 1. The van der Waals surface area contributed by atoms with Crippen molar-refractivity contribution in [2.75, 3.05) is 39.5 Å². The number of anilines is 1. The smallest absolute Gasteiger partial charge is 0.243 e. The summed E-state index contributed by atoms with van der Waals surface area (Å²) < 4.78 is 27.1. The van der Waals surface area contributed by atoms with Crippen molar-refractivity contribution in [2.45, 2.75) is 32.1 Å². The summed E-state index contributed by atoms with van der Waals surface area (Å²) in [7, 11) is 0.377. The summed E-state index contributed by atoms with van der Waals surface area (Å²) >= 11 is 0. The van der Waals surface area contributed by atoms with Crippen LogP contribution < -0.4 is 5.73 Å². The number of sulfonamides is 1. The highest BCUT2D eigenvalue weighted by atomic mass is 32.2. The molecule has 0 saturated heterocycles. The van der Waals surface area contributed by atoms with Crippen LogP contribution in [0.1, 0.15) is 24.5 Å². The average Bonchev–Trinajstić information content (AvgIpc) is 2.39. The Kier molecular flexibility index (Phi) is 6.19. The number of rotatable bonds is 7. The molecule has 0 aromatic heterocycles. The van der Waals surface area contributed by atoms with E-state index in [1.807, 2.05) is 39.8 Å². The van der Waals surface area contributed by atoms with Gasteiger partial charge in [-0.1, -0.05) is 6.92 Å². The molecule has 0 heterocycles. The van der Waals surface area contributed by atoms with Crippen molar-refractivity contribution in [3.8, 4) is 0 Å². The summed E-state index contributed by atoms with van der Waals surface area (Å²) in [6, 6.07) is 3.27. The summed E-state index contributed by atoms with van der Waals surface area (Å²) in [5, 5.41) is 0. The van der Waals surface area contributed by atoms with Crippen LogP contribution >= 0.6 is 0 Å². The van der Waals surface area contributed by atoms with E-state index < -0.39 is 10.0 Å².